The van der Waals surface area contributed by atoms with Gasteiger partial charge in [-0.3, -0.25) is 4.31 Å². The standard InChI is InChI=1S/C18H20N2O4S/c1-2-23-14-6-8-15(9-7-14)25(21,22)20-11-10-19-12-13-24-17-5-3-4-16(20)18(17)19/h3-9H,2,10-13H2,1H3. The van der Waals surface area contributed by atoms with Gasteiger partial charge >= 0.3 is 0 Å². The van der Waals surface area contributed by atoms with Crippen molar-refractivity contribution >= 4 is 21.4 Å². The summed E-state index contributed by atoms with van der Waals surface area (Å²) in [7, 11) is -3.64. The Bertz CT molecular complexity index is 880. The molecule has 7 heteroatoms. The van der Waals surface area contributed by atoms with Crippen molar-refractivity contribution in [3.8, 4) is 11.5 Å². The number of benzene rings is 2. The molecule has 2 aromatic carbocycles. The van der Waals surface area contributed by atoms with E-state index < -0.39 is 10.0 Å². The van der Waals surface area contributed by atoms with Crippen molar-refractivity contribution in [1.82, 2.24) is 0 Å². The van der Waals surface area contributed by atoms with Gasteiger partial charge < -0.3 is 14.4 Å². The molecule has 2 aromatic rings. The van der Waals surface area contributed by atoms with E-state index in [0.717, 1.165) is 18.0 Å². The van der Waals surface area contributed by atoms with E-state index in [9.17, 15) is 8.42 Å². The Morgan fingerprint density at radius 2 is 1.88 bits per heavy atom. The van der Waals surface area contributed by atoms with Crippen molar-refractivity contribution in [1.29, 1.82) is 0 Å². The Morgan fingerprint density at radius 1 is 1.08 bits per heavy atom. The second-order valence-corrected chi connectivity index (χ2v) is 7.80. The zero-order chi connectivity index (χ0) is 17.4. The topological polar surface area (TPSA) is 59.1 Å². The molecule has 0 spiro atoms. The maximum Gasteiger partial charge on any atom is 0.264 e. The fourth-order valence-corrected chi connectivity index (χ4v) is 4.79. The van der Waals surface area contributed by atoms with E-state index in [-0.39, 0.29) is 4.90 Å². The zero-order valence-electron chi connectivity index (χ0n) is 14.0. The van der Waals surface area contributed by atoms with E-state index in [2.05, 4.69) is 4.90 Å². The van der Waals surface area contributed by atoms with Crippen molar-refractivity contribution in [3.63, 3.8) is 0 Å². The van der Waals surface area contributed by atoms with E-state index in [0.29, 0.717) is 37.7 Å². The van der Waals surface area contributed by atoms with Gasteiger partial charge in [0.05, 0.1) is 30.3 Å². The number of ether oxygens (including phenoxy) is 2. The first-order valence-electron chi connectivity index (χ1n) is 8.37. The van der Waals surface area contributed by atoms with Crippen LogP contribution in [0.2, 0.25) is 0 Å². The molecule has 4 rings (SSSR count). The maximum absolute atomic E-state index is 13.2. The third-order valence-corrected chi connectivity index (χ3v) is 6.30. The Kier molecular flexibility index (Phi) is 3.95. The minimum Gasteiger partial charge on any atom is -0.494 e. The summed E-state index contributed by atoms with van der Waals surface area (Å²) in [5.41, 5.74) is 1.55. The first-order chi connectivity index (χ1) is 12.1. The lowest BCUT2D eigenvalue weighted by Crippen LogP contribution is -2.46. The highest BCUT2D eigenvalue weighted by atomic mass is 32.2. The molecule has 0 atom stereocenters. The summed E-state index contributed by atoms with van der Waals surface area (Å²) in [5, 5.41) is 0. The molecule has 0 saturated carbocycles. The molecule has 25 heavy (non-hydrogen) atoms. The van der Waals surface area contributed by atoms with E-state index in [1.54, 1.807) is 24.3 Å². The summed E-state index contributed by atoms with van der Waals surface area (Å²) in [6.07, 6.45) is 0. The quantitative estimate of drug-likeness (QED) is 0.838. The monoisotopic (exact) mass is 360 g/mol. The number of sulfonamides is 1. The summed E-state index contributed by atoms with van der Waals surface area (Å²) in [6.45, 7) is 4.92. The number of hydrogen-bond acceptors (Lipinski definition) is 5. The van der Waals surface area contributed by atoms with Crippen LogP contribution in [0.3, 0.4) is 0 Å². The van der Waals surface area contributed by atoms with Crippen LogP contribution in [-0.2, 0) is 10.0 Å². The van der Waals surface area contributed by atoms with Crippen LogP contribution in [-0.4, -0.2) is 41.3 Å². The molecule has 2 aliphatic heterocycles. The second kappa shape index (κ2) is 6.15. The Labute approximate surface area is 147 Å². The average Bonchev–Trinajstić information content (AvgIpc) is 2.63. The van der Waals surface area contributed by atoms with E-state index in [1.807, 2.05) is 25.1 Å². The number of para-hydroxylation sites is 1. The average molecular weight is 360 g/mol. The minimum atomic E-state index is -3.64. The van der Waals surface area contributed by atoms with Gasteiger partial charge in [-0.15, -0.1) is 0 Å². The lowest BCUT2D eigenvalue weighted by atomic mass is 10.1. The maximum atomic E-state index is 13.2. The fourth-order valence-electron chi connectivity index (χ4n) is 3.33. The van der Waals surface area contributed by atoms with Crippen LogP contribution >= 0.6 is 0 Å². The van der Waals surface area contributed by atoms with Crippen LogP contribution in [0.4, 0.5) is 11.4 Å². The number of rotatable bonds is 4. The molecule has 0 bridgehead atoms. The Morgan fingerprint density at radius 3 is 2.64 bits per heavy atom. The number of hydrogen-bond donors (Lipinski definition) is 0. The molecule has 6 nitrogen and oxygen atoms in total. The van der Waals surface area contributed by atoms with Gasteiger partial charge in [-0.2, -0.15) is 0 Å². The summed E-state index contributed by atoms with van der Waals surface area (Å²) in [4.78, 5) is 2.46. The van der Waals surface area contributed by atoms with Gasteiger partial charge in [0.1, 0.15) is 23.8 Å². The third kappa shape index (κ3) is 2.68. The first kappa shape index (κ1) is 16.1. The van der Waals surface area contributed by atoms with Crippen molar-refractivity contribution in [2.24, 2.45) is 0 Å². The lowest BCUT2D eigenvalue weighted by molar-refractivity contribution is 0.307. The van der Waals surface area contributed by atoms with Gasteiger partial charge in [0, 0.05) is 6.54 Å². The van der Waals surface area contributed by atoms with E-state index >= 15 is 0 Å². The summed E-state index contributed by atoms with van der Waals surface area (Å²) >= 11 is 0. The summed E-state index contributed by atoms with van der Waals surface area (Å²) in [6, 6.07) is 12.1. The highest BCUT2D eigenvalue weighted by Crippen LogP contribution is 2.44. The number of nitrogens with zero attached hydrogens (tertiary/aromatic N) is 2. The van der Waals surface area contributed by atoms with E-state index in [1.165, 1.54) is 4.31 Å². The van der Waals surface area contributed by atoms with Crippen LogP contribution in [0.5, 0.6) is 11.5 Å². The molecule has 0 N–H and O–H groups in total. The summed E-state index contributed by atoms with van der Waals surface area (Å²) < 4.78 is 38.9. The molecule has 0 radical (unpaired) electrons. The van der Waals surface area contributed by atoms with Crippen LogP contribution in [0.15, 0.2) is 47.4 Å². The molecule has 0 amide bonds. The highest BCUT2D eigenvalue weighted by Gasteiger charge is 2.35. The predicted octanol–water partition coefficient (Wildman–Crippen LogP) is 2.49. The highest BCUT2D eigenvalue weighted by molar-refractivity contribution is 7.92. The summed E-state index contributed by atoms with van der Waals surface area (Å²) in [5.74, 6) is 1.41. The molecule has 2 aliphatic rings. The fraction of sp³-hybridized carbons (Fsp3) is 0.333. The Balaban J connectivity index is 1.74. The van der Waals surface area contributed by atoms with Gasteiger partial charge in [-0.25, -0.2) is 8.42 Å². The molecule has 0 unspecified atom stereocenters. The molecular weight excluding hydrogens is 340 g/mol. The molecule has 0 aliphatic carbocycles. The van der Waals surface area contributed by atoms with Gasteiger partial charge in [-0.05, 0) is 43.3 Å². The van der Waals surface area contributed by atoms with Gasteiger partial charge in [0.15, 0.2) is 0 Å². The Hall–Kier alpha value is -2.41. The van der Waals surface area contributed by atoms with E-state index in [4.69, 9.17) is 9.47 Å². The van der Waals surface area contributed by atoms with Crippen LogP contribution in [0.1, 0.15) is 6.92 Å². The largest absolute Gasteiger partial charge is 0.494 e. The van der Waals surface area contributed by atoms with Crippen molar-refractivity contribution < 1.29 is 17.9 Å². The molecule has 132 valence electrons. The third-order valence-electron chi connectivity index (χ3n) is 4.48. The lowest BCUT2D eigenvalue weighted by Gasteiger charge is -2.41. The van der Waals surface area contributed by atoms with Crippen molar-refractivity contribution in [2.45, 2.75) is 11.8 Å². The molecule has 0 aromatic heterocycles. The van der Waals surface area contributed by atoms with Crippen LogP contribution < -0.4 is 18.7 Å². The van der Waals surface area contributed by atoms with Gasteiger partial charge in [-0.1, -0.05) is 6.07 Å². The second-order valence-electron chi connectivity index (χ2n) is 5.94. The van der Waals surface area contributed by atoms with Crippen LogP contribution in [0, 0.1) is 0 Å². The van der Waals surface area contributed by atoms with Crippen molar-refractivity contribution in [2.75, 3.05) is 42.1 Å². The van der Waals surface area contributed by atoms with Crippen molar-refractivity contribution in [3.05, 3.63) is 42.5 Å². The molecule has 0 fully saturated rings. The first-order valence-corrected chi connectivity index (χ1v) is 9.81. The zero-order valence-corrected chi connectivity index (χ0v) is 14.8. The molecule has 0 saturated heterocycles. The van der Waals surface area contributed by atoms with Gasteiger partial charge in [0.2, 0.25) is 0 Å². The smallest absolute Gasteiger partial charge is 0.264 e. The normalized spacial score (nSPS) is 16.2. The SMILES string of the molecule is CCOc1ccc(S(=O)(=O)N2CCN3CCOc4cccc2c43)cc1. The molecule has 2 heterocycles. The van der Waals surface area contributed by atoms with Crippen LogP contribution in [0.25, 0.3) is 0 Å². The number of anilines is 2. The minimum absolute atomic E-state index is 0.263. The van der Waals surface area contributed by atoms with Gasteiger partial charge in [0.25, 0.3) is 10.0 Å². The molecular formula is C18H20N2O4S. The predicted molar refractivity (Wildman–Crippen MR) is 96.3 cm³/mol.